The van der Waals surface area contributed by atoms with Gasteiger partial charge in [0.1, 0.15) is 6.04 Å². The Balaban J connectivity index is 1.56. The van der Waals surface area contributed by atoms with Crippen molar-refractivity contribution in [1.82, 2.24) is 10.2 Å². The normalized spacial score (nSPS) is 14.3. The molecule has 0 spiro atoms. The van der Waals surface area contributed by atoms with E-state index in [1.807, 2.05) is 73.7 Å². The third-order valence-electron chi connectivity index (χ3n) is 6.83. The first-order valence-corrected chi connectivity index (χ1v) is 14.5. The minimum atomic E-state index is -0.580. The molecule has 1 aliphatic rings. The van der Waals surface area contributed by atoms with Crippen LogP contribution in [0.25, 0.3) is 0 Å². The lowest BCUT2D eigenvalue weighted by Crippen LogP contribution is -2.52. The van der Waals surface area contributed by atoms with Crippen molar-refractivity contribution in [3.05, 3.63) is 106 Å². The van der Waals surface area contributed by atoms with Crippen LogP contribution in [0.1, 0.15) is 47.9 Å². The quantitative estimate of drug-likeness (QED) is 0.302. The molecule has 3 aromatic carbocycles. The number of nitrogens with one attached hydrogen (secondary N) is 1. The van der Waals surface area contributed by atoms with E-state index < -0.39 is 6.04 Å². The Bertz CT molecular complexity index is 1160. The van der Waals surface area contributed by atoms with Gasteiger partial charge in [0, 0.05) is 29.8 Å². The van der Waals surface area contributed by atoms with Crippen molar-refractivity contribution in [3.63, 3.8) is 0 Å². The van der Waals surface area contributed by atoms with E-state index in [0.717, 1.165) is 42.4 Å². The van der Waals surface area contributed by atoms with E-state index in [2.05, 4.69) is 17.4 Å². The highest BCUT2D eigenvalue weighted by Crippen LogP contribution is 2.22. The Kier molecular flexibility index (Phi) is 10.1. The molecule has 3 aromatic rings. The zero-order valence-corrected chi connectivity index (χ0v) is 22.9. The van der Waals surface area contributed by atoms with Crippen molar-refractivity contribution < 1.29 is 9.59 Å². The van der Waals surface area contributed by atoms with E-state index >= 15 is 0 Å². The average Bonchev–Trinajstić information content (AvgIpc) is 3.41. The van der Waals surface area contributed by atoms with Gasteiger partial charge in [0.15, 0.2) is 0 Å². The summed E-state index contributed by atoms with van der Waals surface area (Å²) >= 11 is 7.68. The van der Waals surface area contributed by atoms with Crippen LogP contribution in [-0.2, 0) is 28.3 Å². The van der Waals surface area contributed by atoms with Gasteiger partial charge in [0.2, 0.25) is 11.8 Å². The fraction of sp³-hybridized carbons (Fsp3) is 0.355. The molecule has 0 saturated heterocycles. The zero-order valence-electron chi connectivity index (χ0n) is 21.4. The first-order chi connectivity index (χ1) is 18.0. The lowest BCUT2D eigenvalue weighted by molar-refractivity contribution is -0.139. The summed E-state index contributed by atoms with van der Waals surface area (Å²) in [6.45, 7) is 2.44. The number of halogens is 1. The van der Waals surface area contributed by atoms with Crippen LogP contribution in [0.3, 0.4) is 0 Å². The Morgan fingerprint density at radius 1 is 0.946 bits per heavy atom. The summed E-state index contributed by atoms with van der Waals surface area (Å²) in [5, 5.41) is 3.95. The summed E-state index contributed by atoms with van der Waals surface area (Å²) in [6, 6.07) is 25.5. The Morgan fingerprint density at radius 2 is 1.65 bits per heavy atom. The molecule has 0 heterocycles. The minimum Gasteiger partial charge on any atom is -0.352 e. The third-order valence-corrected chi connectivity index (χ3v) is 8.05. The Morgan fingerprint density at radius 3 is 2.35 bits per heavy atom. The summed E-state index contributed by atoms with van der Waals surface area (Å²) in [6.07, 6.45) is 4.77. The number of rotatable bonds is 11. The van der Waals surface area contributed by atoms with Gasteiger partial charge in [-0.25, -0.2) is 0 Å². The smallest absolute Gasteiger partial charge is 0.243 e. The average molecular weight is 535 g/mol. The molecule has 37 heavy (non-hydrogen) atoms. The summed E-state index contributed by atoms with van der Waals surface area (Å²) in [4.78, 5) is 29.2. The molecule has 6 heteroatoms. The second-order valence-electron chi connectivity index (χ2n) is 9.83. The van der Waals surface area contributed by atoms with Crippen LogP contribution >= 0.6 is 23.4 Å². The number of amides is 2. The highest BCUT2D eigenvalue weighted by molar-refractivity contribution is 7.99. The maximum Gasteiger partial charge on any atom is 0.243 e. The monoisotopic (exact) mass is 534 g/mol. The van der Waals surface area contributed by atoms with Crippen molar-refractivity contribution in [2.75, 3.05) is 5.75 Å². The number of hydrogen-bond acceptors (Lipinski definition) is 3. The fourth-order valence-electron chi connectivity index (χ4n) is 4.78. The highest BCUT2D eigenvalue weighted by Gasteiger charge is 2.32. The van der Waals surface area contributed by atoms with Gasteiger partial charge >= 0.3 is 0 Å². The summed E-state index contributed by atoms with van der Waals surface area (Å²) < 4.78 is 0. The van der Waals surface area contributed by atoms with Crippen LogP contribution in [0, 0.1) is 6.92 Å². The first kappa shape index (κ1) is 27.3. The topological polar surface area (TPSA) is 49.4 Å². The Hall–Kier alpha value is -2.76. The maximum atomic E-state index is 13.7. The number of carbonyl (C=O) groups excluding carboxylic acids is 2. The lowest BCUT2D eigenvalue weighted by Gasteiger charge is -2.32. The molecule has 0 aliphatic heterocycles. The first-order valence-electron chi connectivity index (χ1n) is 13.0. The van der Waals surface area contributed by atoms with Gasteiger partial charge in [0.05, 0.1) is 5.75 Å². The molecule has 4 nitrogen and oxygen atoms in total. The molecule has 1 N–H and O–H groups in total. The molecule has 1 aliphatic carbocycles. The third kappa shape index (κ3) is 8.37. The van der Waals surface area contributed by atoms with E-state index in [-0.39, 0.29) is 17.9 Å². The van der Waals surface area contributed by atoms with Gasteiger partial charge in [-0.05, 0) is 48.6 Å². The van der Waals surface area contributed by atoms with Crippen molar-refractivity contribution in [2.45, 2.75) is 63.4 Å². The van der Waals surface area contributed by atoms with Crippen molar-refractivity contribution in [1.29, 1.82) is 0 Å². The number of benzene rings is 3. The number of thioether (sulfide) groups is 1. The lowest BCUT2D eigenvalue weighted by atomic mass is 10.0. The largest absolute Gasteiger partial charge is 0.352 e. The van der Waals surface area contributed by atoms with Crippen molar-refractivity contribution in [3.8, 4) is 0 Å². The highest BCUT2D eigenvalue weighted by atomic mass is 35.5. The van der Waals surface area contributed by atoms with E-state index in [9.17, 15) is 9.59 Å². The number of hydrogen-bond donors (Lipinski definition) is 1. The minimum absolute atomic E-state index is 0.0323. The van der Waals surface area contributed by atoms with Crippen LogP contribution in [0.5, 0.6) is 0 Å². The Labute approximate surface area is 229 Å². The van der Waals surface area contributed by atoms with Gasteiger partial charge in [-0.2, -0.15) is 0 Å². The molecular weight excluding hydrogens is 500 g/mol. The molecule has 194 valence electrons. The second-order valence-corrected chi connectivity index (χ2v) is 11.2. The molecule has 1 atom stereocenters. The molecule has 4 rings (SSSR count). The molecule has 1 saturated carbocycles. The molecule has 0 bridgehead atoms. The predicted octanol–water partition coefficient (Wildman–Crippen LogP) is 6.58. The van der Waals surface area contributed by atoms with Crippen LogP contribution in [0.2, 0.25) is 5.02 Å². The number of aryl methyl sites for hydroxylation is 1. The zero-order chi connectivity index (χ0) is 26.0. The summed E-state index contributed by atoms with van der Waals surface area (Å²) in [5.74, 6) is 0.883. The summed E-state index contributed by atoms with van der Waals surface area (Å²) in [7, 11) is 0. The standard InChI is InChI=1S/C31H35ClN2O2S/c1-23-14-16-25(17-15-23)20-34(30(35)22-37-21-26-10-7-11-27(32)18-26)29(19-24-8-3-2-4-9-24)31(36)33-28-12-5-6-13-28/h2-4,7-11,14-18,28-29H,5-6,12-13,19-22H2,1H3,(H,33,36)/t29-/m0/s1. The predicted molar refractivity (Wildman–Crippen MR) is 154 cm³/mol. The maximum absolute atomic E-state index is 13.7. The number of nitrogens with zero attached hydrogens (tertiary/aromatic N) is 1. The van der Waals surface area contributed by atoms with Crippen molar-refractivity contribution >= 4 is 35.2 Å². The van der Waals surface area contributed by atoms with E-state index in [1.165, 1.54) is 5.56 Å². The van der Waals surface area contributed by atoms with Crippen LogP contribution in [0.4, 0.5) is 0 Å². The molecule has 0 unspecified atom stereocenters. The van der Waals surface area contributed by atoms with Gasteiger partial charge in [-0.3, -0.25) is 9.59 Å². The van der Waals surface area contributed by atoms with Crippen LogP contribution in [0.15, 0.2) is 78.9 Å². The van der Waals surface area contributed by atoms with Crippen LogP contribution < -0.4 is 5.32 Å². The van der Waals surface area contributed by atoms with E-state index in [4.69, 9.17) is 11.6 Å². The summed E-state index contributed by atoms with van der Waals surface area (Å²) in [5.41, 5.74) is 4.31. The molecule has 2 amide bonds. The van der Waals surface area contributed by atoms with E-state index in [1.54, 1.807) is 16.7 Å². The van der Waals surface area contributed by atoms with Gasteiger partial charge in [-0.1, -0.05) is 96.7 Å². The number of carbonyl (C=O) groups is 2. The van der Waals surface area contributed by atoms with Gasteiger partial charge < -0.3 is 10.2 Å². The fourth-order valence-corrected chi connectivity index (χ4v) is 5.85. The molecular formula is C31H35ClN2O2S. The SMILES string of the molecule is Cc1ccc(CN(C(=O)CSCc2cccc(Cl)c2)[C@@H](Cc2ccccc2)C(=O)NC2CCCC2)cc1. The van der Waals surface area contributed by atoms with Crippen molar-refractivity contribution in [2.24, 2.45) is 0 Å². The molecule has 0 radical (unpaired) electrons. The second kappa shape index (κ2) is 13.7. The van der Waals surface area contributed by atoms with E-state index in [0.29, 0.717) is 29.5 Å². The van der Waals surface area contributed by atoms with Gasteiger partial charge in [-0.15, -0.1) is 11.8 Å². The molecule has 1 fully saturated rings. The van der Waals surface area contributed by atoms with Crippen LogP contribution in [-0.4, -0.2) is 34.6 Å². The van der Waals surface area contributed by atoms with Gasteiger partial charge in [0.25, 0.3) is 0 Å². The molecule has 0 aromatic heterocycles.